The molecular weight excluding hydrogens is 392 g/mol. The van der Waals surface area contributed by atoms with Crippen LogP contribution in [-0.2, 0) is 16.1 Å². The molecule has 2 aromatic rings. The van der Waals surface area contributed by atoms with E-state index >= 15 is 0 Å². The van der Waals surface area contributed by atoms with Gasteiger partial charge in [0.05, 0.1) is 30.4 Å². The minimum atomic E-state index is -0.0461. The SMILES string of the molecule is CCC(CC)C(CNC(=O)CCCn1cnc2c(C)cccc2c1=O)N1CCOCC1. The number of hydrogen-bond donors (Lipinski definition) is 1. The van der Waals surface area contributed by atoms with Gasteiger partial charge in [0.25, 0.3) is 5.56 Å². The van der Waals surface area contributed by atoms with Gasteiger partial charge in [-0.15, -0.1) is 0 Å². The molecule has 0 bridgehead atoms. The van der Waals surface area contributed by atoms with Crippen molar-refractivity contribution in [3.63, 3.8) is 0 Å². The molecule has 31 heavy (non-hydrogen) atoms. The lowest BCUT2D eigenvalue weighted by Crippen LogP contribution is -2.52. The molecule has 3 rings (SSSR count). The van der Waals surface area contributed by atoms with E-state index in [1.54, 1.807) is 10.9 Å². The predicted octanol–water partition coefficient (Wildman–Crippen LogP) is 2.74. The van der Waals surface area contributed by atoms with Crippen molar-refractivity contribution in [1.29, 1.82) is 0 Å². The Labute approximate surface area is 184 Å². The molecule has 0 aliphatic carbocycles. The van der Waals surface area contributed by atoms with E-state index in [0.29, 0.717) is 43.3 Å². The molecule has 1 saturated heterocycles. The van der Waals surface area contributed by atoms with Crippen molar-refractivity contribution < 1.29 is 9.53 Å². The monoisotopic (exact) mass is 428 g/mol. The van der Waals surface area contributed by atoms with Crippen molar-refractivity contribution in [2.45, 2.75) is 59.0 Å². The number of amides is 1. The zero-order valence-electron chi connectivity index (χ0n) is 19.1. The first-order chi connectivity index (χ1) is 15.0. The van der Waals surface area contributed by atoms with Gasteiger partial charge in [-0.25, -0.2) is 4.98 Å². The van der Waals surface area contributed by atoms with Gasteiger partial charge < -0.3 is 10.1 Å². The number of para-hydroxylation sites is 1. The van der Waals surface area contributed by atoms with Gasteiger partial charge in [-0.05, 0) is 30.9 Å². The number of nitrogens with zero attached hydrogens (tertiary/aromatic N) is 3. The van der Waals surface area contributed by atoms with Gasteiger partial charge in [0, 0.05) is 38.6 Å². The van der Waals surface area contributed by atoms with Crippen LogP contribution in [0.1, 0.15) is 45.1 Å². The molecule has 7 heteroatoms. The van der Waals surface area contributed by atoms with Gasteiger partial charge in [-0.3, -0.25) is 19.1 Å². The fraction of sp³-hybridized carbons (Fsp3) is 0.625. The molecule has 0 saturated carbocycles. The minimum Gasteiger partial charge on any atom is -0.379 e. The van der Waals surface area contributed by atoms with Crippen LogP contribution in [0.2, 0.25) is 0 Å². The summed E-state index contributed by atoms with van der Waals surface area (Å²) < 4.78 is 7.11. The number of aromatic nitrogens is 2. The van der Waals surface area contributed by atoms with Crippen LogP contribution < -0.4 is 10.9 Å². The maximum absolute atomic E-state index is 12.7. The third-order valence-electron chi connectivity index (χ3n) is 6.47. The van der Waals surface area contributed by atoms with E-state index in [1.165, 1.54) is 0 Å². The molecule has 2 heterocycles. The lowest BCUT2D eigenvalue weighted by molar-refractivity contribution is -0.121. The van der Waals surface area contributed by atoms with E-state index in [9.17, 15) is 9.59 Å². The number of hydrogen-bond acceptors (Lipinski definition) is 5. The lowest BCUT2D eigenvalue weighted by atomic mass is 9.92. The molecule has 1 atom stereocenters. The maximum atomic E-state index is 12.7. The summed E-state index contributed by atoms with van der Waals surface area (Å²) in [6.07, 6.45) is 4.81. The van der Waals surface area contributed by atoms with Crippen LogP contribution >= 0.6 is 0 Å². The van der Waals surface area contributed by atoms with E-state index in [-0.39, 0.29) is 11.5 Å². The fourth-order valence-electron chi connectivity index (χ4n) is 4.55. The summed E-state index contributed by atoms with van der Waals surface area (Å²) in [5.74, 6) is 0.603. The smallest absolute Gasteiger partial charge is 0.261 e. The Morgan fingerprint density at radius 2 is 1.97 bits per heavy atom. The molecular formula is C24H36N4O3. The summed E-state index contributed by atoms with van der Waals surface area (Å²) in [4.78, 5) is 32.1. The van der Waals surface area contributed by atoms with E-state index in [1.807, 2.05) is 25.1 Å². The predicted molar refractivity (Wildman–Crippen MR) is 123 cm³/mol. The number of carbonyl (C=O) groups is 1. The second-order valence-corrected chi connectivity index (χ2v) is 8.41. The number of rotatable bonds is 10. The van der Waals surface area contributed by atoms with E-state index in [2.05, 4.69) is 29.0 Å². The molecule has 1 aromatic carbocycles. The van der Waals surface area contributed by atoms with Crippen LogP contribution in [0.5, 0.6) is 0 Å². The number of benzene rings is 1. The second-order valence-electron chi connectivity index (χ2n) is 8.41. The average molecular weight is 429 g/mol. The summed E-state index contributed by atoms with van der Waals surface area (Å²) in [6.45, 7) is 10.9. The number of morpholine rings is 1. The normalized spacial score (nSPS) is 16.0. The third-order valence-corrected chi connectivity index (χ3v) is 6.47. The zero-order chi connectivity index (χ0) is 22.2. The van der Waals surface area contributed by atoms with Crippen LogP contribution in [0, 0.1) is 12.8 Å². The standard InChI is InChI=1S/C24H36N4O3/c1-4-19(5-2)21(27-12-14-31-15-13-27)16-25-22(29)10-7-11-28-17-26-23-18(3)8-6-9-20(23)24(28)30/h6,8-9,17,19,21H,4-5,7,10-16H2,1-3H3,(H,25,29). The molecule has 1 aliphatic heterocycles. The van der Waals surface area contributed by atoms with Crippen molar-refractivity contribution >= 4 is 16.8 Å². The summed E-state index contributed by atoms with van der Waals surface area (Å²) >= 11 is 0. The Balaban J connectivity index is 1.53. The van der Waals surface area contributed by atoms with Crippen LogP contribution in [0.4, 0.5) is 0 Å². The topological polar surface area (TPSA) is 76.5 Å². The molecule has 1 N–H and O–H groups in total. The van der Waals surface area contributed by atoms with Crippen molar-refractivity contribution in [2.24, 2.45) is 5.92 Å². The number of ether oxygens (including phenoxy) is 1. The van der Waals surface area contributed by atoms with Crippen molar-refractivity contribution in [2.75, 3.05) is 32.8 Å². The highest BCUT2D eigenvalue weighted by Crippen LogP contribution is 2.19. The summed E-state index contributed by atoms with van der Waals surface area (Å²) in [5.41, 5.74) is 1.70. The maximum Gasteiger partial charge on any atom is 0.261 e. The Bertz CT molecular complexity index is 917. The molecule has 1 amide bonds. The lowest BCUT2D eigenvalue weighted by Gasteiger charge is -2.38. The highest BCUT2D eigenvalue weighted by atomic mass is 16.5. The molecule has 0 spiro atoms. The summed E-state index contributed by atoms with van der Waals surface area (Å²) in [5, 5.41) is 3.77. The number of nitrogens with one attached hydrogen (secondary N) is 1. The number of carbonyl (C=O) groups excluding carboxylic acids is 1. The Kier molecular flexibility index (Phi) is 8.60. The van der Waals surface area contributed by atoms with Crippen LogP contribution in [0.15, 0.2) is 29.3 Å². The molecule has 1 fully saturated rings. The summed E-state index contributed by atoms with van der Waals surface area (Å²) in [6, 6.07) is 5.99. The van der Waals surface area contributed by atoms with E-state index in [0.717, 1.165) is 50.2 Å². The third kappa shape index (κ3) is 5.92. The highest BCUT2D eigenvalue weighted by molar-refractivity contribution is 5.80. The Morgan fingerprint density at radius 1 is 1.23 bits per heavy atom. The molecule has 1 aliphatic rings. The fourth-order valence-corrected chi connectivity index (χ4v) is 4.55. The van der Waals surface area contributed by atoms with Gasteiger partial charge in [-0.2, -0.15) is 0 Å². The zero-order valence-corrected chi connectivity index (χ0v) is 19.1. The van der Waals surface area contributed by atoms with E-state index in [4.69, 9.17) is 4.74 Å². The van der Waals surface area contributed by atoms with Crippen LogP contribution in [0.3, 0.4) is 0 Å². The Hall–Kier alpha value is -2.25. The van der Waals surface area contributed by atoms with Crippen molar-refractivity contribution in [3.05, 3.63) is 40.4 Å². The molecule has 7 nitrogen and oxygen atoms in total. The number of aryl methyl sites for hydroxylation is 2. The van der Waals surface area contributed by atoms with Gasteiger partial charge in [0.2, 0.25) is 5.91 Å². The van der Waals surface area contributed by atoms with Crippen LogP contribution in [-0.4, -0.2) is 59.2 Å². The minimum absolute atomic E-state index is 0.0434. The molecule has 1 aromatic heterocycles. The largest absolute Gasteiger partial charge is 0.379 e. The van der Waals surface area contributed by atoms with Gasteiger partial charge in [-0.1, -0.05) is 38.8 Å². The van der Waals surface area contributed by atoms with Gasteiger partial charge in [0.1, 0.15) is 0 Å². The first kappa shape index (κ1) is 23.4. The molecule has 1 unspecified atom stereocenters. The Morgan fingerprint density at radius 3 is 2.68 bits per heavy atom. The molecule has 0 radical (unpaired) electrons. The first-order valence-corrected chi connectivity index (χ1v) is 11.6. The first-order valence-electron chi connectivity index (χ1n) is 11.6. The quantitative estimate of drug-likeness (QED) is 0.630. The summed E-state index contributed by atoms with van der Waals surface area (Å²) in [7, 11) is 0. The van der Waals surface area contributed by atoms with Crippen molar-refractivity contribution in [3.8, 4) is 0 Å². The second kappa shape index (κ2) is 11.4. The van der Waals surface area contributed by atoms with Gasteiger partial charge in [0.15, 0.2) is 0 Å². The average Bonchev–Trinajstić information content (AvgIpc) is 2.79. The highest BCUT2D eigenvalue weighted by Gasteiger charge is 2.27. The van der Waals surface area contributed by atoms with Crippen molar-refractivity contribution in [1.82, 2.24) is 19.8 Å². The van der Waals surface area contributed by atoms with E-state index < -0.39 is 0 Å². The van der Waals surface area contributed by atoms with Crippen LogP contribution in [0.25, 0.3) is 10.9 Å². The van der Waals surface area contributed by atoms with Gasteiger partial charge >= 0.3 is 0 Å². The molecule has 170 valence electrons. The number of fused-ring (bicyclic) bond motifs is 1.